The molecule has 0 aliphatic carbocycles. The molecule has 0 atom stereocenters. The average Bonchev–Trinajstić information content (AvgIpc) is 3.46. The Morgan fingerprint density at radius 2 is 1.93 bits per heavy atom. The van der Waals surface area contributed by atoms with Gasteiger partial charge in [-0.2, -0.15) is 4.98 Å². The lowest BCUT2D eigenvalue weighted by atomic mass is 10.1. The maximum Gasteiger partial charge on any atom is 0.251 e. The number of hydrogen-bond donors (Lipinski definition) is 2. The number of H-pyrrole nitrogens is 1. The molecular formula is C20H20N8O2. The monoisotopic (exact) mass is 404 g/mol. The Morgan fingerprint density at radius 3 is 2.77 bits per heavy atom. The summed E-state index contributed by atoms with van der Waals surface area (Å²) < 4.78 is 7.21. The lowest BCUT2D eigenvalue weighted by molar-refractivity contribution is 0.0950. The van der Waals surface area contributed by atoms with E-state index < -0.39 is 0 Å². The Labute approximate surface area is 171 Å². The van der Waals surface area contributed by atoms with Crippen molar-refractivity contribution in [3.8, 4) is 11.4 Å². The first kappa shape index (κ1) is 18.3. The molecule has 1 amide bonds. The van der Waals surface area contributed by atoms with Gasteiger partial charge in [-0.3, -0.25) is 14.3 Å². The number of benzene rings is 1. The summed E-state index contributed by atoms with van der Waals surface area (Å²) >= 11 is 0. The molecular weight excluding hydrogens is 384 g/mol. The third kappa shape index (κ3) is 3.60. The maximum atomic E-state index is 12.5. The van der Waals surface area contributed by atoms with Crippen LogP contribution in [0.3, 0.4) is 0 Å². The number of carbonyl (C=O) groups excluding carboxylic acids is 1. The van der Waals surface area contributed by atoms with Crippen molar-refractivity contribution in [2.75, 3.05) is 31.2 Å². The fourth-order valence-corrected chi connectivity index (χ4v) is 3.34. The topological polar surface area (TPSA) is 113 Å². The average molecular weight is 404 g/mol. The Morgan fingerprint density at radius 1 is 1.10 bits per heavy atom. The van der Waals surface area contributed by atoms with Gasteiger partial charge < -0.3 is 15.0 Å². The molecule has 4 heterocycles. The first-order valence-corrected chi connectivity index (χ1v) is 9.70. The molecule has 1 aliphatic heterocycles. The normalized spacial score (nSPS) is 14.2. The number of anilines is 1. The first-order valence-electron chi connectivity index (χ1n) is 9.70. The Hall–Kier alpha value is -3.79. The number of aromatic amines is 1. The van der Waals surface area contributed by atoms with Crippen molar-refractivity contribution < 1.29 is 9.53 Å². The van der Waals surface area contributed by atoms with Crippen molar-refractivity contribution in [3.63, 3.8) is 0 Å². The number of pyridine rings is 1. The van der Waals surface area contributed by atoms with Crippen LogP contribution in [0.4, 0.5) is 5.95 Å². The first-order chi connectivity index (χ1) is 14.8. The molecule has 0 unspecified atom stereocenters. The highest BCUT2D eigenvalue weighted by atomic mass is 16.5. The summed E-state index contributed by atoms with van der Waals surface area (Å²) in [6.45, 7) is 3.20. The highest BCUT2D eigenvalue weighted by Crippen LogP contribution is 2.19. The van der Waals surface area contributed by atoms with E-state index in [1.54, 1.807) is 12.1 Å². The molecule has 152 valence electrons. The van der Waals surface area contributed by atoms with E-state index in [0.29, 0.717) is 36.4 Å². The minimum Gasteiger partial charge on any atom is -0.378 e. The van der Waals surface area contributed by atoms with Crippen LogP contribution < -0.4 is 10.2 Å². The molecule has 0 saturated carbocycles. The Kier molecular flexibility index (Phi) is 4.81. The highest BCUT2D eigenvalue weighted by Gasteiger charge is 2.16. The van der Waals surface area contributed by atoms with Crippen LogP contribution in [-0.2, 0) is 11.3 Å². The van der Waals surface area contributed by atoms with Gasteiger partial charge in [0.25, 0.3) is 5.91 Å². The van der Waals surface area contributed by atoms with E-state index in [4.69, 9.17) is 4.74 Å². The predicted octanol–water partition coefficient (Wildman–Crippen LogP) is 1.28. The van der Waals surface area contributed by atoms with Gasteiger partial charge in [0.1, 0.15) is 0 Å². The molecule has 1 saturated heterocycles. The van der Waals surface area contributed by atoms with Crippen molar-refractivity contribution >= 4 is 17.5 Å². The fourth-order valence-electron chi connectivity index (χ4n) is 3.34. The van der Waals surface area contributed by atoms with Gasteiger partial charge in [0.05, 0.1) is 19.8 Å². The number of rotatable bonds is 5. The van der Waals surface area contributed by atoms with Gasteiger partial charge in [0.15, 0.2) is 17.3 Å². The Bertz CT molecular complexity index is 1160. The second-order valence-corrected chi connectivity index (χ2v) is 6.89. The summed E-state index contributed by atoms with van der Waals surface area (Å²) in [4.78, 5) is 19.2. The molecule has 10 heteroatoms. The molecule has 0 radical (unpaired) electrons. The molecule has 0 spiro atoms. The Balaban J connectivity index is 1.24. The van der Waals surface area contributed by atoms with Crippen LogP contribution in [-0.4, -0.2) is 62.0 Å². The summed E-state index contributed by atoms with van der Waals surface area (Å²) in [5.41, 5.74) is 2.16. The van der Waals surface area contributed by atoms with Gasteiger partial charge >= 0.3 is 0 Å². The number of amides is 1. The smallest absolute Gasteiger partial charge is 0.251 e. The molecule has 1 fully saturated rings. The standard InChI is InChI=1S/C20H20N8O2/c29-19(21-13-17-24-23-16-3-1-2-8-28(16)17)15-6-4-14(5-7-15)18-22-20(26-25-18)27-9-11-30-12-10-27/h1-8H,9-13H2,(H,21,29)(H,22,25,26). The van der Waals surface area contributed by atoms with Crippen LogP contribution in [0.1, 0.15) is 16.2 Å². The van der Waals surface area contributed by atoms with E-state index in [-0.39, 0.29) is 12.5 Å². The SMILES string of the molecule is O=C(NCc1nnc2ccccn12)c1ccc(-c2nc(N3CCOCC3)n[nH]2)cc1. The largest absolute Gasteiger partial charge is 0.378 e. The zero-order valence-electron chi connectivity index (χ0n) is 16.2. The number of aromatic nitrogens is 6. The number of morpholine rings is 1. The van der Waals surface area contributed by atoms with Gasteiger partial charge in [-0.05, 0) is 24.3 Å². The van der Waals surface area contributed by atoms with Gasteiger partial charge in [-0.15, -0.1) is 15.3 Å². The van der Waals surface area contributed by atoms with Crippen LogP contribution in [0.2, 0.25) is 0 Å². The van der Waals surface area contributed by atoms with E-state index in [9.17, 15) is 4.79 Å². The molecule has 4 aromatic rings. The van der Waals surface area contributed by atoms with E-state index in [0.717, 1.165) is 24.3 Å². The molecule has 30 heavy (non-hydrogen) atoms. The number of fused-ring (bicyclic) bond motifs is 1. The van der Waals surface area contributed by atoms with E-state index in [2.05, 4.69) is 35.6 Å². The second-order valence-electron chi connectivity index (χ2n) is 6.89. The van der Waals surface area contributed by atoms with Crippen molar-refractivity contribution in [1.82, 2.24) is 35.1 Å². The third-order valence-corrected chi connectivity index (χ3v) is 4.98. The van der Waals surface area contributed by atoms with Crippen LogP contribution in [0, 0.1) is 0 Å². The third-order valence-electron chi connectivity index (χ3n) is 4.98. The molecule has 1 aromatic carbocycles. The second kappa shape index (κ2) is 7.91. The lowest BCUT2D eigenvalue weighted by Crippen LogP contribution is -2.36. The molecule has 0 bridgehead atoms. The highest BCUT2D eigenvalue weighted by molar-refractivity contribution is 5.94. The summed E-state index contributed by atoms with van der Waals surface area (Å²) in [6, 6.07) is 12.9. The lowest BCUT2D eigenvalue weighted by Gasteiger charge is -2.25. The van der Waals surface area contributed by atoms with E-state index in [1.165, 1.54) is 0 Å². The van der Waals surface area contributed by atoms with Crippen molar-refractivity contribution in [1.29, 1.82) is 0 Å². The molecule has 10 nitrogen and oxygen atoms in total. The number of carbonyl (C=O) groups is 1. The molecule has 2 N–H and O–H groups in total. The minimum absolute atomic E-state index is 0.180. The van der Waals surface area contributed by atoms with Crippen LogP contribution in [0.25, 0.3) is 17.0 Å². The summed E-state index contributed by atoms with van der Waals surface area (Å²) in [7, 11) is 0. The van der Waals surface area contributed by atoms with E-state index >= 15 is 0 Å². The van der Waals surface area contributed by atoms with E-state index in [1.807, 2.05) is 40.9 Å². The maximum absolute atomic E-state index is 12.5. The van der Waals surface area contributed by atoms with Crippen LogP contribution in [0.15, 0.2) is 48.7 Å². The number of hydrogen-bond acceptors (Lipinski definition) is 7. The molecule has 5 rings (SSSR count). The quantitative estimate of drug-likeness (QED) is 0.515. The number of nitrogens with zero attached hydrogens (tertiary/aromatic N) is 6. The molecule has 1 aliphatic rings. The van der Waals surface area contributed by atoms with Crippen molar-refractivity contribution in [2.24, 2.45) is 0 Å². The summed E-state index contributed by atoms with van der Waals surface area (Å²) in [5.74, 6) is 1.82. The summed E-state index contributed by atoms with van der Waals surface area (Å²) in [5, 5.41) is 18.4. The van der Waals surface area contributed by atoms with Gasteiger partial charge in [0.2, 0.25) is 5.95 Å². The number of nitrogens with one attached hydrogen (secondary N) is 2. The van der Waals surface area contributed by atoms with Gasteiger partial charge in [-0.1, -0.05) is 18.2 Å². The fraction of sp³-hybridized carbons (Fsp3) is 0.250. The summed E-state index contributed by atoms with van der Waals surface area (Å²) in [6.07, 6.45) is 1.87. The minimum atomic E-state index is -0.180. The van der Waals surface area contributed by atoms with Crippen LogP contribution >= 0.6 is 0 Å². The van der Waals surface area contributed by atoms with Crippen LogP contribution in [0.5, 0.6) is 0 Å². The van der Waals surface area contributed by atoms with Gasteiger partial charge in [-0.25, -0.2) is 0 Å². The van der Waals surface area contributed by atoms with Gasteiger partial charge in [0, 0.05) is 30.4 Å². The van der Waals surface area contributed by atoms with Crippen molar-refractivity contribution in [3.05, 3.63) is 60.0 Å². The molecule has 3 aromatic heterocycles. The number of ether oxygens (including phenoxy) is 1. The van der Waals surface area contributed by atoms with Crippen molar-refractivity contribution in [2.45, 2.75) is 6.54 Å². The zero-order chi connectivity index (χ0) is 20.3. The zero-order valence-corrected chi connectivity index (χ0v) is 16.2. The predicted molar refractivity (Wildman–Crippen MR) is 109 cm³/mol.